The molecule has 11 heteroatoms. The van der Waals surface area contributed by atoms with E-state index in [0.717, 1.165) is 5.56 Å². The van der Waals surface area contributed by atoms with Gasteiger partial charge in [0.15, 0.2) is 5.78 Å². The number of carbonyl (C=O) groups excluding carboxylic acids is 4. The average Bonchev–Trinajstić information content (AvgIpc) is 3.71. The summed E-state index contributed by atoms with van der Waals surface area (Å²) < 4.78 is 10.7. The second-order valence-corrected chi connectivity index (χ2v) is 10.4. The molecule has 0 radical (unpaired) electrons. The topological polar surface area (TPSA) is 142 Å². The predicted molar refractivity (Wildman–Crippen MR) is 146 cm³/mol. The number of epoxide rings is 1. The van der Waals surface area contributed by atoms with Crippen LogP contribution in [0.4, 0.5) is 0 Å². The number of hydrogen-bond donors (Lipinski definition) is 3. The number of amides is 3. The smallest absolute Gasteiger partial charge is 0.243 e. The lowest BCUT2D eigenvalue weighted by Crippen LogP contribution is -2.57. The summed E-state index contributed by atoms with van der Waals surface area (Å²) in [6, 6.07) is 11.9. The van der Waals surface area contributed by atoms with Crippen LogP contribution >= 0.6 is 0 Å². The lowest BCUT2D eigenvalue weighted by atomic mass is 9.94. The lowest BCUT2D eigenvalue weighted by Gasteiger charge is -2.27. The van der Waals surface area contributed by atoms with Gasteiger partial charge in [-0.2, -0.15) is 0 Å². The monoisotopic (exact) mass is 551 g/mol. The number of ketones is 1. The first-order valence-corrected chi connectivity index (χ1v) is 13.6. The lowest BCUT2D eigenvalue weighted by molar-refractivity contribution is -0.134. The summed E-state index contributed by atoms with van der Waals surface area (Å²) in [5.74, 6) is -1.56. The molecule has 2 aliphatic rings. The van der Waals surface area contributed by atoms with Crippen LogP contribution in [-0.4, -0.2) is 96.6 Å². The van der Waals surface area contributed by atoms with E-state index in [-0.39, 0.29) is 31.1 Å². The largest absolute Gasteiger partial charge is 0.379 e. The molecule has 0 spiro atoms. The molecule has 1 aromatic heterocycles. The zero-order valence-corrected chi connectivity index (χ0v) is 22.9. The molecule has 214 valence electrons. The SMILES string of the molecule is CC(NC(=O)CN1CCOCC1)C(=O)NC(Cc1ccccn1)C(=O)NC(Cc1ccccc1)C(=O)C1(C)CO1. The molecular formula is C29H37N5O6. The Hall–Kier alpha value is -3.67. The van der Waals surface area contributed by atoms with Crippen LogP contribution in [0, 0.1) is 0 Å². The molecule has 11 nitrogen and oxygen atoms in total. The molecule has 40 heavy (non-hydrogen) atoms. The summed E-state index contributed by atoms with van der Waals surface area (Å²) >= 11 is 0. The van der Waals surface area contributed by atoms with E-state index in [1.54, 1.807) is 38.2 Å². The van der Waals surface area contributed by atoms with E-state index in [1.165, 1.54) is 0 Å². The van der Waals surface area contributed by atoms with Crippen LogP contribution in [0.25, 0.3) is 0 Å². The normalized spacial score (nSPS) is 20.9. The van der Waals surface area contributed by atoms with Crippen molar-refractivity contribution in [1.29, 1.82) is 0 Å². The number of ether oxygens (including phenoxy) is 2. The number of carbonyl (C=O) groups is 4. The second-order valence-electron chi connectivity index (χ2n) is 10.4. The number of benzene rings is 1. The Morgan fingerprint density at radius 2 is 1.60 bits per heavy atom. The third-order valence-electron chi connectivity index (χ3n) is 7.03. The molecule has 2 fully saturated rings. The standard InChI is InChI=1S/C29H37N5O6/c1-20(31-25(35)18-34-12-14-39-15-13-34)27(37)33-24(17-22-10-6-7-11-30-22)28(38)32-23(26(36)29(2)19-40-29)16-21-8-4-3-5-9-21/h3-11,20,23-24H,12-19H2,1-2H3,(H,31,35)(H,32,38)(H,33,37). The summed E-state index contributed by atoms with van der Waals surface area (Å²) in [5, 5.41) is 8.31. The molecule has 4 rings (SSSR count). The molecule has 0 bridgehead atoms. The summed E-state index contributed by atoms with van der Waals surface area (Å²) in [7, 11) is 0. The summed E-state index contributed by atoms with van der Waals surface area (Å²) in [4.78, 5) is 58.7. The van der Waals surface area contributed by atoms with Gasteiger partial charge in [0, 0.05) is 31.4 Å². The third kappa shape index (κ3) is 8.41. The fraction of sp³-hybridized carbons (Fsp3) is 0.483. The van der Waals surface area contributed by atoms with E-state index in [9.17, 15) is 19.2 Å². The van der Waals surface area contributed by atoms with Crippen LogP contribution in [0.1, 0.15) is 25.1 Å². The maximum Gasteiger partial charge on any atom is 0.243 e. The highest BCUT2D eigenvalue weighted by molar-refractivity contribution is 5.98. The highest BCUT2D eigenvalue weighted by Crippen LogP contribution is 2.29. The number of morpholine rings is 1. The molecule has 3 N–H and O–H groups in total. The number of pyridine rings is 1. The van der Waals surface area contributed by atoms with Gasteiger partial charge in [-0.15, -0.1) is 0 Å². The molecule has 4 unspecified atom stereocenters. The van der Waals surface area contributed by atoms with Crippen LogP contribution in [0.5, 0.6) is 0 Å². The van der Waals surface area contributed by atoms with Crippen molar-refractivity contribution in [2.45, 2.75) is 50.4 Å². The molecule has 2 aromatic rings. The second kappa shape index (κ2) is 13.6. The van der Waals surface area contributed by atoms with Gasteiger partial charge in [0.25, 0.3) is 0 Å². The average molecular weight is 552 g/mol. The quantitative estimate of drug-likeness (QED) is 0.296. The van der Waals surface area contributed by atoms with Crippen molar-refractivity contribution in [3.8, 4) is 0 Å². The Morgan fingerprint density at radius 3 is 2.25 bits per heavy atom. The summed E-state index contributed by atoms with van der Waals surface area (Å²) in [6.45, 7) is 6.13. The van der Waals surface area contributed by atoms with Crippen molar-refractivity contribution < 1.29 is 28.7 Å². The van der Waals surface area contributed by atoms with Gasteiger partial charge < -0.3 is 25.4 Å². The van der Waals surface area contributed by atoms with Gasteiger partial charge in [-0.25, -0.2) is 0 Å². The van der Waals surface area contributed by atoms with Crippen LogP contribution in [0.2, 0.25) is 0 Å². The van der Waals surface area contributed by atoms with Crippen molar-refractivity contribution in [3.05, 3.63) is 66.0 Å². The van der Waals surface area contributed by atoms with E-state index in [0.29, 0.717) is 38.6 Å². The first kappa shape index (κ1) is 29.3. The van der Waals surface area contributed by atoms with Gasteiger partial charge in [0.2, 0.25) is 17.7 Å². The van der Waals surface area contributed by atoms with Crippen molar-refractivity contribution in [2.75, 3.05) is 39.5 Å². The first-order chi connectivity index (χ1) is 19.2. The van der Waals surface area contributed by atoms with Gasteiger partial charge in [0.1, 0.15) is 17.7 Å². The Kier molecular flexibility index (Phi) is 9.97. The fourth-order valence-corrected chi connectivity index (χ4v) is 4.50. The molecule has 3 heterocycles. The maximum absolute atomic E-state index is 13.6. The summed E-state index contributed by atoms with van der Waals surface area (Å²) in [5.41, 5.74) is 0.536. The Bertz CT molecular complexity index is 1170. The first-order valence-electron chi connectivity index (χ1n) is 13.6. The number of nitrogens with zero attached hydrogens (tertiary/aromatic N) is 2. The van der Waals surface area contributed by atoms with Gasteiger partial charge in [0.05, 0.1) is 32.4 Å². The van der Waals surface area contributed by atoms with Gasteiger partial charge in [-0.3, -0.25) is 29.1 Å². The van der Waals surface area contributed by atoms with E-state index in [1.807, 2.05) is 35.2 Å². The van der Waals surface area contributed by atoms with E-state index in [2.05, 4.69) is 20.9 Å². The van der Waals surface area contributed by atoms with Crippen molar-refractivity contribution in [3.63, 3.8) is 0 Å². The Balaban J connectivity index is 1.44. The number of aromatic nitrogens is 1. The maximum atomic E-state index is 13.6. The Morgan fingerprint density at radius 1 is 0.925 bits per heavy atom. The molecule has 3 amide bonds. The van der Waals surface area contributed by atoms with Crippen LogP contribution < -0.4 is 16.0 Å². The van der Waals surface area contributed by atoms with E-state index < -0.39 is 35.5 Å². The zero-order valence-electron chi connectivity index (χ0n) is 22.9. The number of nitrogens with one attached hydrogen (secondary N) is 3. The zero-order chi connectivity index (χ0) is 28.5. The minimum Gasteiger partial charge on any atom is -0.379 e. The molecule has 0 saturated carbocycles. The van der Waals surface area contributed by atoms with Crippen LogP contribution in [0.3, 0.4) is 0 Å². The minimum absolute atomic E-state index is 0.104. The predicted octanol–water partition coefficient (Wildman–Crippen LogP) is 0.0313. The molecule has 1 aromatic carbocycles. The molecule has 0 aliphatic carbocycles. The van der Waals surface area contributed by atoms with E-state index >= 15 is 0 Å². The van der Waals surface area contributed by atoms with E-state index in [4.69, 9.17) is 9.47 Å². The van der Waals surface area contributed by atoms with Crippen molar-refractivity contribution in [2.24, 2.45) is 0 Å². The highest BCUT2D eigenvalue weighted by atomic mass is 16.6. The van der Waals surface area contributed by atoms with Crippen molar-refractivity contribution >= 4 is 23.5 Å². The van der Waals surface area contributed by atoms with Crippen LogP contribution in [0.15, 0.2) is 54.7 Å². The van der Waals surface area contributed by atoms with Gasteiger partial charge in [-0.1, -0.05) is 36.4 Å². The molecular weight excluding hydrogens is 514 g/mol. The van der Waals surface area contributed by atoms with Gasteiger partial charge in [-0.05, 0) is 38.0 Å². The fourth-order valence-electron chi connectivity index (χ4n) is 4.50. The Labute approximate surface area is 234 Å². The number of rotatable bonds is 13. The van der Waals surface area contributed by atoms with Gasteiger partial charge >= 0.3 is 0 Å². The number of Topliss-reactive ketones (excluding diaryl/α,β-unsaturated/α-hetero) is 1. The highest BCUT2D eigenvalue weighted by Gasteiger charge is 2.50. The minimum atomic E-state index is -1.03. The number of hydrogen-bond acceptors (Lipinski definition) is 8. The molecule has 2 aliphatic heterocycles. The molecule has 4 atom stereocenters. The van der Waals surface area contributed by atoms with Crippen molar-refractivity contribution in [1.82, 2.24) is 25.8 Å². The van der Waals surface area contributed by atoms with Crippen LogP contribution in [-0.2, 0) is 41.5 Å². The third-order valence-corrected chi connectivity index (χ3v) is 7.03. The molecule has 2 saturated heterocycles. The summed E-state index contributed by atoms with van der Waals surface area (Å²) in [6.07, 6.45) is 1.99.